The maximum Gasteiger partial charge on any atom is 0.0457 e. The van der Waals surface area contributed by atoms with Gasteiger partial charge in [0.2, 0.25) is 0 Å². The van der Waals surface area contributed by atoms with Crippen LogP contribution in [0.25, 0.3) is 22.0 Å². The van der Waals surface area contributed by atoms with Crippen LogP contribution in [0.4, 0.5) is 0 Å². The van der Waals surface area contributed by atoms with Crippen molar-refractivity contribution in [3.8, 4) is 11.1 Å². The summed E-state index contributed by atoms with van der Waals surface area (Å²) in [5.74, 6) is 0. The van der Waals surface area contributed by atoms with E-state index in [2.05, 4.69) is 53.4 Å². The van der Waals surface area contributed by atoms with Gasteiger partial charge in [0.25, 0.3) is 0 Å². The number of benzene rings is 1. The molecule has 0 fully saturated rings. The van der Waals surface area contributed by atoms with E-state index >= 15 is 0 Å². The number of rotatable bonds is 3. The zero-order valence-corrected chi connectivity index (χ0v) is 11.2. The minimum absolute atomic E-state index is 0.944. The monoisotopic (exact) mass is 251 g/mol. The number of nitrogens with one attached hydrogen (secondary N) is 1. The van der Waals surface area contributed by atoms with E-state index in [-0.39, 0.29) is 0 Å². The molecular weight excluding hydrogens is 234 g/mol. The summed E-state index contributed by atoms with van der Waals surface area (Å²) in [5, 5.41) is 1.29. The van der Waals surface area contributed by atoms with Crippen molar-refractivity contribution in [3.05, 3.63) is 54.5 Å². The highest BCUT2D eigenvalue weighted by atomic mass is 15.0. The SMILES string of the molecule is CN(C)Cc1c[nH]c2ccc(-c3ccncc3)cc12. The third kappa shape index (κ3) is 2.37. The topological polar surface area (TPSA) is 31.9 Å². The van der Waals surface area contributed by atoms with Crippen molar-refractivity contribution in [2.24, 2.45) is 0 Å². The standard InChI is InChI=1S/C16H17N3/c1-19(2)11-14-10-18-16-4-3-13(9-15(14)16)12-5-7-17-8-6-12/h3-10,18H,11H2,1-2H3. The minimum atomic E-state index is 0.944. The van der Waals surface area contributed by atoms with E-state index in [9.17, 15) is 0 Å². The summed E-state index contributed by atoms with van der Waals surface area (Å²) in [5.41, 5.74) is 4.95. The van der Waals surface area contributed by atoms with Gasteiger partial charge in [-0.05, 0) is 55.1 Å². The lowest BCUT2D eigenvalue weighted by molar-refractivity contribution is 0.404. The van der Waals surface area contributed by atoms with Gasteiger partial charge in [-0.15, -0.1) is 0 Å². The number of fused-ring (bicyclic) bond motifs is 1. The maximum atomic E-state index is 4.07. The number of aromatic amines is 1. The first-order valence-electron chi connectivity index (χ1n) is 6.39. The Kier molecular flexibility index (Phi) is 3.05. The fourth-order valence-corrected chi connectivity index (χ4v) is 2.37. The van der Waals surface area contributed by atoms with Crippen molar-refractivity contribution in [1.82, 2.24) is 14.9 Å². The van der Waals surface area contributed by atoms with E-state index in [0.29, 0.717) is 0 Å². The van der Waals surface area contributed by atoms with Crippen LogP contribution >= 0.6 is 0 Å². The Morgan fingerprint density at radius 2 is 1.84 bits per heavy atom. The van der Waals surface area contributed by atoms with Gasteiger partial charge in [0.05, 0.1) is 0 Å². The quantitative estimate of drug-likeness (QED) is 0.774. The highest BCUT2D eigenvalue weighted by molar-refractivity contribution is 5.87. The Bertz CT molecular complexity index is 684. The van der Waals surface area contributed by atoms with Crippen LogP contribution in [0.5, 0.6) is 0 Å². The Morgan fingerprint density at radius 3 is 2.58 bits per heavy atom. The van der Waals surface area contributed by atoms with Crippen LogP contribution in [0.1, 0.15) is 5.56 Å². The predicted molar refractivity (Wildman–Crippen MR) is 78.9 cm³/mol. The van der Waals surface area contributed by atoms with Crippen molar-refractivity contribution in [3.63, 3.8) is 0 Å². The summed E-state index contributed by atoms with van der Waals surface area (Å²) in [4.78, 5) is 9.58. The summed E-state index contributed by atoms with van der Waals surface area (Å²) in [6.45, 7) is 0.944. The lowest BCUT2D eigenvalue weighted by atomic mass is 10.0. The van der Waals surface area contributed by atoms with Crippen LogP contribution in [-0.4, -0.2) is 29.0 Å². The van der Waals surface area contributed by atoms with Crippen LogP contribution in [0.15, 0.2) is 48.9 Å². The van der Waals surface area contributed by atoms with Gasteiger partial charge in [0.15, 0.2) is 0 Å². The first-order valence-corrected chi connectivity index (χ1v) is 6.39. The second-order valence-corrected chi connectivity index (χ2v) is 5.05. The molecule has 3 aromatic rings. The lowest BCUT2D eigenvalue weighted by Crippen LogP contribution is -2.10. The molecule has 3 nitrogen and oxygen atoms in total. The van der Waals surface area contributed by atoms with Gasteiger partial charge < -0.3 is 9.88 Å². The second-order valence-electron chi connectivity index (χ2n) is 5.05. The summed E-state index contributed by atoms with van der Waals surface area (Å²) in [6.07, 6.45) is 5.76. The average Bonchev–Trinajstić information content (AvgIpc) is 2.82. The van der Waals surface area contributed by atoms with Crippen molar-refractivity contribution < 1.29 is 0 Å². The van der Waals surface area contributed by atoms with Gasteiger partial charge in [-0.1, -0.05) is 6.07 Å². The van der Waals surface area contributed by atoms with Crippen LogP contribution < -0.4 is 0 Å². The molecule has 3 rings (SSSR count). The first kappa shape index (κ1) is 11.9. The van der Waals surface area contributed by atoms with Gasteiger partial charge in [-0.2, -0.15) is 0 Å². The van der Waals surface area contributed by atoms with Gasteiger partial charge in [0.1, 0.15) is 0 Å². The highest BCUT2D eigenvalue weighted by Gasteiger charge is 2.06. The molecule has 0 aliphatic carbocycles. The first-order chi connectivity index (χ1) is 9.24. The third-order valence-electron chi connectivity index (χ3n) is 3.27. The second kappa shape index (κ2) is 4.86. The molecular formula is C16H17N3. The molecule has 1 N–H and O–H groups in total. The summed E-state index contributed by atoms with van der Waals surface area (Å²) in [7, 11) is 4.18. The molecule has 0 spiro atoms. The van der Waals surface area contributed by atoms with Gasteiger partial charge >= 0.3 is 0 Å². The number of aromatic nitrogens is 2. The summed E-state index contributed by atoms with van der Waals surface area (Å²) in [6, 6.07) is 10.6. The Morgan fingerprint density at radius 1 is 1.05 bits per heavy atom. The van der Waals surface area contributed by atoms with Crippen molar-refractivity contribution >= 4 is 10.9 Å². The molecule has 0 amide bonds. The predicted octanol–water partition coefficient (Wildman–Crippen LogP) is 3.29. The Balaban J connectivity index is 2.09. The molecule has 19 heavy (non-hydrogen) atoms. The molecule has 0 saturated heterocycles. The Labute approximate surface area is 112 Å². The molecule has 0 radical (unpaired) electrons. The molecule has 2 aromatic heterocycles. The number of nitrogens with zero attached hydrogens (tertiary/aromatic N) is 2. The van der Waals surface area contributed by atoms with Crippen molar-refractivity contribution in [1.29, 1.82) is 0 Å². The van der Waals surface area contributed by atoms with Gasteiger partial charge in [-0.25, -0.2) is 0 Å². The Hall–Kier alpha value is -2.13. The number of hydrogen-bond acceptors (Lipinski definition) is 2. The molecule has 0 atom stereocenters. The average molecular weight is 251 g/mol. The van der Waals surface area contributed by atoms with Crippen molar-refractivity contribution in [2.75, 3.05) is 14.1 Å². The van der Waals surface area contributed by atoms with Gasteiger partial charge in [0, 0.05) is 36.0 Å². The van der Waals surface area contributed by atoms with E-state index in [1.165, 1.54) is 27.6 Å². The fraction of sp³-hybridized carbons (Fsp3) is 0.188. The highest BCUT2D eigenvalue weighted by Crippen LogP contribution is 2.26. The zero-order chi connectivity index (χ0) is 13.2. The summed E-state index contributed by atoms with van der Waals surface area (Å²) >= 11 is 0. The molecule has 0 unspecified atom stereocenters. The van der Waals surface area contributed by atoms with E-state index in [1.807, 2.05) is 24.5 Å². The van der Waals surface area contributed by atoms with Crippen LogP contribution in [0.2, 0.25) is 0 Å². The number of H-pyrrole nitrogens is 1. The molecule has 3 heteroatoms. The fourth-order valence-electron chi connectivity index (χ4n) is 2.37. The maximum absolute atomic E-state index is 4.07. The normalized spacial score (nSPS) is 11.3. The smallest absolute Gasteiger partial charge is 0.0457 e. The number of pyridine rings is 1. The van der Waals surface area contributed by atoms with Crippen molar-refractivity contribution in [2.45, 2.75) is 6.54 Å². The van der Waals surface area contributed by atoms with Crippen LogP contribution in [0.3, 0.4) is 0 Å². The number of hydrogen-bond donors (Lipinski definition) is 1. The van der Waals surface area contributed by atoms with E-state index < -0.39 is 0 Å². The molecule has 0 bridgehead atoms. The van der Waals surface area contributed by atoms with Crippen LogP contribution in [0, 0.1) is 0 Å². The summed E-state index contributed by atoms with van der Waals surface area (Å²) < 4.78 is 0. The third-order valence-corrected chi connectivity index (χ3v) is 3.27. The van der Waals surface area contributed by atoms with Crippen LogP contribution in [-0.2, 0) is 6.54 Å². The molecule has 1 aromatic carbocycles. The molecule has 2 heterocycles. The van der Waals surface area contributed by atoms with E-state index in [0.717, 1.165) is 6.54 Å². The van der Waals surface area contributed by atoms with E-state index in [1.54, 1.807) is 0 Å². The minimum Gasteiger partial charge on any atom is -0.361 e. The lowest BCUT2D eigenvalue weighted by Gasteiger charge is -2.08. The molecule has 0 saturated carbocycles. The zero-order valence-electron chi connectivity index (χ0n) is 11.2. The largest absolute Gasteiger partial charge is 0.361 e. The molecule has 0 aliphatic heterocycles. The molecule has 96 valence electrons. The van der Waals surface area contributed by atoms with E-state index in [4.69, 9.17) is 0 Å². The van der Waals surface area contributed by atoms with Gasteiger partial charge in [-0.3, -0.25) is 4.98 Å². The molecule has 0 aliphatic rings.